The van der Waals surface area contributed by atoms with Gasteiger partial charge in [-0.05, 0) is 36.5 Å². The summed E-state index contributed by atoms with van der Waals surface area (Å²) in [5, 5.41) is 9.91. The smallest absolute Gasteiger partial charge is 0.336 e. The maximum Gasteiger partial charge on any atom is 0.336 e. The van der Waals surface area contributed by atoms with Gasteiger partial charge in [0.25, 0.3) is 0 Å². The van der Waals surface area contributed by atoms with E-state index in [9.17, 15) is 9.90 Å². The highest BCUT2D eigenvalue weighted by atomic mass is 35.5. The van der Waals surface area contributed by atoms with Gasteiger partial charge in [0.05, 0.1) is 18.8 Å². The summed E-state index contributed by atoms with van der Waals surface area (Å²) >= 11 is 6.27. The molecule has 6 heteroatoms. The Morgan fingerprint density at radius 1 is 1.30 bits per heavy atom. The van der Waals surface area contributed by atoms with Crippen LogP contribution in [-0.2, 0) is 16.0 Å². The molecular weight excluding hydrogens is 318 g/mol. The van der Waals surface area contributed by atoms with E-state index >= 15 is 0 Å². The standard InChI is InChI=1S/C17H22ClNO4/c18-16-3-1-2-14(17(20)21)15(16)9-19-5-7-23-11-13(19)8-12-4-6-22-10-12/h1-3,12-13H,4-11H2,(H,20,21). The van der Waals surface area contributed by atoms with Crippen LogP contribution < -0.4 is 0 Å². The van der Waals surface area contributed by atoms with Crippen molar-refractivity contribution in [3.05, 3.63) is 34.3 Å². The fourth-order valence-electron chi connectivity index (χ4n) is 3.39. The van der Waals surface area contributed by atoms with Gasteiger partial charge in [-0.3, -0.25) is 4.90 Å². The third kappa shape index (κ3) is 4.04. The van der Waals surface area contributed by atoms with Gasteiger partial charge in [0, 0.05) is 37.4 Å². The minimum absolute atomic E-state index is 0.284. The van der Waals surface area contributed by atoms with Gasteiger partial charge in [0.15, 0.2) is 0 Å². The van der Waals surface area contributed by atoms with Crippen molar-refractivity contribution in [1.82, 2.24) is 4.90 Å². The van der Waals surface area contributed by atoms with Gasteiger partial charge in [0.2, 0.25) is 0 Å². The lowest BCUT2D eigenvalue weighted by Gasteiger charge is -2.37. The molecule has 23 heavy (non-hydrogen) atoms. The minimum atomic E-state index is -0.934. The second kappa shape index (κ2) is 7.62. The minimum Gasteiger partial charge on any atom is -0.478 e. The molecule has 2 aliphatic rings. The second-order valence-corrected chi connectivity index (χ2v) is 6.64. The number of morpholine rings is 1. The Labute approximate surface area is 141 Å². The Bertz CT molecular complexity index is 560. The molecule has 0 amide bonds. The molecule has 0 spiro atoms. The Morgan fingerprint density at radius 2 is 2.13 bits per heavy atom. The fraction of sp³-hybridized carbons (Fsp3) is 0.588. The summed E-state index contributed by atoms with van der Waals surface area (Å²) in [7, 11) is 0. The summed E-state index contributed by atoms with van der Waals surface area (Å²) in [5.74, 6) is -0.370. The van der Waals surface area contributed by atoms with Crippen LogP contribution in [0.25, 0.3) is 0 Å². The van der Waals surface area contributed by atoms with E-state index in [2.05, 4.69) is 4.90 Å². The van der Waals surface area contributed by atoms with Crippen molar-refractivity contribution in [2.75, 3.05) is 33.0 Å². The maximum absolute atomic E-state index is 11.5. The quantitative estimate of drug-likeness (QED) is 0.893. The molecule has 0 saturated carbocycles. The van der Waals surface area contributed by atoms with E-state index in [4.69, 9.17) is 21.1 Å². The molecule has 0 radical (unpaired) electrons. The lowest BCUT2D eigenvalue weighted by molar-refractivity contribution is -0.0206. The van der Waals surface area contributed by atoms with Crippen LogP contribution in [0.2, 0.25) is 5.02 Å². The van der Waals surface area contributed by atoms with Crippen molar-refractivity contribution < 1.29 is 19.4 Å². The number of carboxylic acids is 1. The van der Waals surface area contributed by atoms with E-state index in [0.29, 0.717) is 36.3 Å². The summed E-state index contributed by atoms with van der Waals surface area (Å²) in [6, 6.07) is 5.34. The SMILES string of the molecule is O=C(O)c1cccc(Cl)c1CN1CCOCC1CC1CCOC1. The van der Waals surface area contributed by atoms with Gasteiger partial charge < -0.3 is 14.6 Å². The number of aromatic carboxylic acids is 1. The molecule has 0 aliphatic carbocycles. The Kier molecular flexibility index (Phi) is 5.54. The molecule has 126 valence electrons. The number of nitrogens with zero attached hydrogens (tertiary/aromatic N) is 1. The first-order valence-corrected chi connectivity index (χ1v) is 8.43. The molecule has 3 rings (SSSR count). The highest BCUT2D eigenvalue weighted by Crippen LogP contribution is 2.27. The first-order valence-electron chi connectivity index (χ1n) is 8.05. The van der Waals surface area contributed by atoms with E-state index in [0.717, 1.165) is 32.6 Å². The van der Waals surface area contributed by atoms with Crippen LogP contribution in [0.3, 0.4) is 0 Å². The maximum atomic E-state index is 11.5. The number of carbonyl (C=O) groups is 1. The molecule has 0 bridgehead atoms. The summed E-state index contributed by atoms with van der Waals surface area (Å²) in [5.41, 5.74) is 0.975. The number of rotatable bonds is 5. The van der Waals surface area contributed by atoms with Gasteiger partial charge in [-0.2, -0.15) is 0 Å². The van der Waals surface area contributed by atoms with Crippen molar-refractivity contribution in [1.29, 1.82) is 0 Å². The van der Waals surface area contributed by atoms with Crippen LogP contribution in [-0.4, -0.2) is 55.0 Å². The molecule has 1 aromatic carbocycles. The number of hydrogen-bond donors (Lipinski definition) is 1. The molecule has 2 saturated heterocycles. The molecule has 1 aromatic rings. The van der Waals surface area contributed by atoms with E-state index in [1.54, 1.807) is 18.2 Å². The zero-order valence-electron chi connectivity index (χ0n) is 13.0. The van der Waals surface area contributed by atoms with Crippen LogP contribution in [0, 0.1) is 5.92 Å². The van der Waals surface area contributed by atoms with Crippen LogP contribution >= 0.6 is 11.6 Å². The predicted molar refractivity (Wildman–Crippen MR) is 87.0 cm³/mol. The number of ether oxygens (including phenoxy) is 2. The normalized spacial score (nSPS) is 25.6. The van der Waals surface area contributed by atoms with Gasteiger partial charge in [-0.1, -0.05) is 17.7 Å². The third-order valence-corrected chi connectivity index (χ3v) is 5.04. The molecule has 0 aromatic heterocycles. The van der Waals surface area contributed by atoms with Crippen molar-refractivity contribution in [2.45, 2.75) is 25.4 Å². The van der Waals surface area contributed by atoms with E-state index < -0.39 is 5.97 Å². The predicted octanol–water partition coefficient (Wildman–Crippen LogP) is 2.67. The average molecular weight is 340 g/mol. The monoisotopic (exact) mass is 339 g/mol. The topological polar surface area (TPSA) is 59.0 Å². The summed E-state index contributed by atoms with van der Waals surface area (Å²) in [6.45, 7) is 4.35. The molecule has 5 nitrogen and oxygen atoms in total. The van der Waals surface area contributed by atoms with Crippen LogP contribution in [0.4, 0.5) is 0 Å². The van der Waals surface area contributed by atoms with E-state index in [-0.39, 0.29) is 11.6 Å². The molecule has 1 N–H and O–H groups in total. The van der Waals surface area contributed by atoms with Crippen molar-refractivity contribution in [2.24, 2.45) is 5.92 Å². The summed E-state index contributed by atoms with van der Waals surface area (Å²) in [6.07, 6.45) is 2.11. The molecule has 2 heterocycles. The summed E-state index contributed by atoms with van der Waals surface area (Å²) in [4.78, 5) is 13.8. The van der Waals surface area contributed by atoms with E-state index in [1.807, 2.05) is 0 Å². The molecular formula is C17H22ClNO4. The molecule has 2 fully saturated rings. The van der Waals surface area contributed by atoms with Crippen LogP contribution in [0.15, 0.2) is 18.2 Å². The van der Waals surface area contributed by atoms with E-state index in [1.165, 1.54) is 0 Å². The highest BCUT2D eigenvalue weighted by Gasteiger charge is 2.29. The lowest BCUT2D eigenvalue weighted by atomic mass is 9.97. The van der Waals surface area contributed by atoms with Gasteiger partial charge in [0.1, 0.15) is 0 Å². The Balaban J connectivity index is 1.75. The lowest BCUT2D eigenvalue weighted by Crippen LogP contribution is -2.46. The Hall–Kier alpha value is -1.14. The fourth-order valence-corrected chi connectivity index (χ4v) is 3.63. The first kappa shape index (κ1) is 16.7. The van der Waals surface area contributed by atoms with Gasteiger partial charge in [-0.15, -0.1) is 0 Å². The molecule has 2 atom stereocenters. The van der Waals surface area contributed by atoms with Crippen LogP contribution in [0.5, 0.6) is 0 Å². The van der Waals surface area contributed by atoms with Crippen LogP contribution in [0.1, 0.15) is 28.8 Å². The van der Waals surface area contributed by atoms with Gasteiger partial charge >= 0.3 is 5.97 Å². The third-order valence-electron chi connectivity index (χ3n) is 4.69. The van der Waals surface area contributed by atoms with Gasteiger partial charge in [-0.25, -0.2) is 4.79 Å². The van der Waals surface area contributed by atoms with Crippen molar-refractivity contribution >= 4 is 17.6 Å². The van der Waals surface area contributed by atoms with Crippen molar-refractivity contribution in [3.8, 4) is 0 Å². The highest BCUT2D eigenvalue weighted by molar-refractivity contribution is 6.31. The molecule has 2 unspecified atom stereocenters. The Morgan fingerprint density at radius 3 is 2.87 bits per heavy atom. The average Bonchev–Trinajstić information content (AvgIpc) is 3.04. The summed E-state index contributed by atoms with van der Waals surface area (Å²) < 4.78 is 11.1. The second-order valence-electron chi connectivity index (χ2n) is 6.24. The largest absolute Gasteiger partial charge is 0.478 e. The number of halogens is 1. The zero-order chi connectivity index (χ0) is 16.2. The zero-order valence-corrected chi connectivity index (χ0v) is 13.8. The number of hydrogen-bond acceptors (Lipinski definition) is 4. The van der Waals surface area contributed by atoms with Crippen molar-refractivity contribution in [3.63, 3.8) is 0 Å². The first-order chi connectivity index (χ1) is 11.1. The molecule has 2 aliphatic heterocycles. The number of benzene rings is 1. The number of carboxylic acid groups (broad SMARTS) is 1.